The Morgan fingerprint density at radius 2 is 2.08 bits per heavy atom. The average molecular weight is 344 g/mol. The molecule has 1 aromatic rings. The van der Waals surface area contributed by atoms with E-state index in [-0.39, 0.29) is 23.3 Å². The van der Waals surface area contributed by atoms with Gasteiger partial charge in [-0.2, -0.15) is 0 Å². The van der Waals surface area contributed by atoms with Crippen LogP contribution in [0.1, 0.15) is 33.1 Å². The van der Waals surface area contributed by atoms with Gasteiger partial charge in [0.05, 0.1) is 24.0 Å². The van der Waals surface area contributed by atoms with E-state index in [1.165, 1.54) is 0 Å². The SMILES string of the molecule is CCC(CC)C(=O)N1CC[C@]2(C1)CN(c1cccnc1)C(=O)CN2C. The quantitative estimate of drug-likeness (QED) is 0.835. The predicted octanol–water partition coefficient (Wildman–Crippen LogP) is 1.77. The molecule has 0 radical (unpaired) electrons. The van der Waals surface area contributed by atoms with E-state index in [2.05, 4.69) is 23.7 Å². The van der Waals surface area contributed by atoms with Gasteiger partial charge in [0.1, 0.15) is 0 Å². The Hall–Kier alpha value is -1.95. The van der Waals surface area contributed by atoms with Crippen LogP contribution in [-0.4, -0.2) is 65.4 Å². The van der Waals surface area contributed by atoms with Crippen LogP contribution in [0.4, 0.5) is 5.69 Å². The summed E-state index contributed by atoms with van der Waals surface area (Å²) in [6.45, 7) is 6.61. The molecule has 0 aliphatic carbocycles. The summed E-state index contributed by atoms with van der Waals surface area (Å²) in [5.41, 5.74) is 0.676. The Bertz CT molecular complexity index is 632. The lowest BCUT2D eigenvalue weighted by Crippen LogP contribution is -2.64. The summed E-state index contributed by atoms with van der Waals surface area (Å²) in [6.07, 6.45) is 6.12. The van der Waals surface area contributed by atoms with Crippen LogP contribution in [0.15, 0.2) is 24.5 Å². The molecule has 0 bridgehead atoms. The third kappa shape index (κ3) is 3.27. The van der Waals surface area contributed by atoms with Crippen LogP contribution < -0.4 is 4.90 Å². The number of likely N-dealkylation sites (tertiary alicyclic amines) is 1. The molecule has 136 valence electrons. The minimum atomic E-state index is -0.161. The van der Waals surface area contributed by atoms with Gasteiger partial charge in [0.25, 0.3) is 0 Å². The number of hydrogen-bond acceptors (Lipinski definition) is 4. The van der Waals surface area contributed by atoms with E-state index < -0.39 is 0 Å². The van der Waals surface area contributed by atoms with Crippen LogP contribution in [0.2, 0.25) is 0 Å². The minimum Gasteiger partial charge on any atom is -0.340 e. The number of rotatable bonds is 4. The molecule has 3 heterocycles. The lowest BCUT2D eigenvalue weighted by atomic mass is 9.92. The van der Waals surface area contributed by atoms with E-state index in [0.29, 0.717) is 19.6 Å². The maximum atomic E-state index is 12.8. The Morgan fingerprint density at radius 1 is 1.32 bits per heavy atom. The first-order valence-corrected chi connectivity index (χ1v) is 9.21. The molecule has 2 amide bonds. The first-order chi connectivity index (χ1) is 12.0. The summed E-state index contributed by atoms with van der Waals surface area (Å²) in [5, 5.41) is 0. The fourth-order valence-corrected chi connectivity index (χ4v) is 4.09. The third-order valence-electron chi connectivity index (χ3n) is 5.87. The highest BCUT2D eigenvalue weighted by molar-refractivity contribution is 5.96. The summed E-state index contributed by atoms with van der Waals surface area (Å²) in [5.74, 6) is 0.464. The van der Waals surface area contributed by atoms with Gasteiger partial charge in [0.2, 0.25) is 11.8 Å². The summed E-state index contributed by atoms with van der Waals surface area (Å²) in [6, 6.07) is 3.77. The zero-order valence-electron chi connectivity index (χ0n) is 15.4. The molecule has 0 N–H and O–H groups in total. The molecule has 0 aromatic carbocycles. The normalized spacial score (nSPS) is 24.6. The molecule has 2 fully saturated rings. The minimum absolute atomic E-state index is 0.0888. The number of piperazine rings is 1. The van der Waals surface area contributed by atoms with Crippen molar-refractivity contribution in [2.45, 2.75) is 38.6 Å². The fourth-order valence-electron chi connectivity index (χ4n) is 4.09. The van der Waals surface area contributed by atoms with Crippen molar-refractivity contribution in [2.75, 3.05) is 38.1 Å². The maximum Gasteiger partial charge on any atom is 0.241 e. The monoisotopic (exact) mass is 344 g/mol. The van der Waals surface area contributed by atoms with Gasteiger partial charge < -0.3 is 9.80 Å². The Balaban J connectivity index is 1.79. The Kier molecular flexibility index (Phi) is 5.08. The van der Waals surface area contributed by atoms with E-state index in [1.807, 2.05) is 29.0 Å². The molecule has 6 nitrogen and oxygen atoms in total. The van der Waals surface area contributed by atoms with E-state index in [4.69, 9.17) is 0 Å². The first kappa shape index (κ1) is 17.9. The second-order valence-corrected chi connectivity index (χ2v) is 7.29. The summed E-state index contributed by atoms with van der Waals surface area (Å²) < 4.78 is 0. The van der Waals surface area contributed by atoms with Crippen LogP contribution in [0, 0.1) is 5.92 Å². The second-order valence-electron chi connectivity index (χ2n) is 7.29. The molecule has 0 unspecified atom stereocenters. The van der Waals surface area contributed by atoms with Gasteiger partial charge in [0, 0.05) is 31.7 Å². The van der Waals surface area contributed by atoms with Gasteiger partial charge in [-0.05, 0) is 38.4 Å². The highest BCUT2D eigenvalue weighted by Gasteiger charge is 2.49. The van der Waals surface area contributed by atoms with E-state index in [9.17, 15) is 9.59 Å². The van der Waals surface area contributed by atoms with Crippen molar-refractivity contribution in [1.82, 2.24) is 14.8 Å². The number of nitrogens with zero attached hydrogens (tertiary/aromatic N) is 4. The number of hydrogen-bond donors (Lipinski definition) is 0. The predicted molar refractivity (Wildman–Crippen MR) is 97.2 cm³/mol. The molecule has 2 saturated heterocycles. The van der Waals surface area contributed by atoms with Gasteiger partial charge in [0.15, 0.2) is 0 Å². The molecule has 2 aliphatic rings. The van der Waals surface area contributed by atoms with E-state index in [0.717, 1.165) is 31.5 Å². The number of aromatic nitrogens is 1. The van der Waals surface area contributed by atoms with Crippen molar-refractivity contribution in [2.24, 2.45) is 5.92 Å². The molecule has 0 saturated carbocycles. The van der Waals surface area contributed by atoms with Crippen molar-refractivity contribution in [3.05, 3.63) is 24.5 Å². The molecular formula is C19H28N4O2. The number of carbonyl (C=O) groups is 2. The summed E-state index contributed by atoms with van der Waals surface area (Å²) >= 11 is 0. The number of amides is 2. The van der Waals surface area contributed by atoms with E-state index in [1.54, 1.807) is 12.4 Å². The molecule has 25 heavy (non-hydrogen) atoms. The molecule has 1 aromatic heterocycles. The van der Waals surface area contributed by atoms with Gasteiger partial charge in [-0.1, -0.05) is 13.8 Å². The van der Waals surface area contributed by atoms with Crippen molar-refractivity contribution in [3.8, 4) is 0 Å². The Labute approximate surface area is 149 Å². The molecule has 2 aliphatic heterocycles. The number of likely N-dealkylation sites (N-methyl/N-ethyl adjacent to an activating group) is 1. The number of anilines is 1. The lowest BCUT2D eigenvalue weighted by molar-refractivity contribution is -0.135. The summed E-state index contributed by atoms with van der Waals surface area (Å²) in [7, 11) is 2.00. The number of pyridine rings is 1. The van der Waals surface area contributed by atoms with Gasteiger partial charge in [-0.25, -0.2) is 0 Å². The topological polar surface area (TPSA) is 56.8 Å². The van der Waals surface area contributed by atoms with Crippen LogP contribution in [0.3, 0.4) is 0 Å². The average Bonchev–Trinajstić information content (AvgIpc) is 3.05. The smallest absolute Gasteiger partial charge is 0.241 e. The zero-order chi connectivity index (χ0) is 18.0. The first-order valence-electron chi connectivity index (χ1n) is 9.21. The third-order valence-corrected chi connectivity index (χ3v) is 5.87. The van der Waals surface area contributed by atoms with Crippen molar-refractivity contribution in [1.29, 1.82) is 0 Å². The maximum absolute atomic E-state index is 12.8. The highest BCUT2D eigenvalue weighted by atomic mass is 16.2. The Morgan fingerprint density at radius 3 is 2.72 bits per heavy atom. The standard InChI is InChI=1S/C19H28N4O2/c1-4-15(5-2)18(25)22-10-8-19(13-22)14-23(17(24)12-21(19)3)16-7-6-9-20-11-16/h6-7,9,11,15H,4-5,8,10,12-14H2,1-3H3/t19-/m0/s1. The van der Waals surface area contributed by atoms with Crippen LogP contribution in [0.5, 0.6) is 0 Å². The zero-order valence-corrected chi connectivity index (χ0v) is 15.4. The van der Waals surface area contributed by atoms with Gasteiger partial charge in [-0.15, -0.1) is 0 Å². The molecule has 6 heteroatoms. The van der Waals surface area contributed by atoms with Crippen LogP contribution >= 0.6 is 0 Å². The van der Waals surface area contributed by atoms with Crippen molar-refractivity contribution < 1.29 is 9.59 Å². The van der Waals surface area contributed by atoms with Crippen molar-refractivity contribution in [3.63, 3.8) is 0 Å². The molecular weight excluding hydrogens is 316 g/mol. The fraction of sp³-hybridized carbons (Fsp3) is 0.632. The number of carbonyl (C=O) groups excluding carboxylic acids is 2. The molecule has 1 spiro atoms. The molecule has 1 atom stereocenters. The second kappa shape index (κ2) is 7.12. The van der Waals surface area contributed by atoms with Gasteiger partial charge in [-0.3, -0.25) is 19.5 Å². The highest BCUT2D eigenvalue weighted by Crippen LogP contribution is 2.34. The lowest BCUT2D eigenvalue weighted by Gasteiger charge is -2.46. The summed E-state index contributed by atoms with van der Waals surface area (Å²) in [4.78, 5) is 35.4. The largest absolute Gasteiger partial charge is 0.340 e. The van der Waals surface area contributed by atoms with Gasteiger partial charge >= 0.3 is 0 Å². The van der Waals surface area contributed by atoms with Crippen LogP contribution in [-0.2, 0) is 9.59 Å². The van der Waals surface area contributed by atoms with Crippen LogP contribution in [0.25, 0.3) is 0 Å². The van der Waals surface area contributed by atoms with E-state index >= 15 is 0 Å². The van der Waals surface area contributed by atoms with Crippen molar-refractivity contribution >= 4 is 17.5 Å². The molecule has 3 rings (SSSR count).